The minimum Gasteiger partial charge on any atom is -0.329 e. The van der Waals surface area contributed by atoms with Gasteiger partial charge in [-0.05, 0) is 23.6 Å². The molecule has 0 saturated heterocycles. The van der Waals surface area contributed by atoms with Gasteiger partial charge in [-0.1, -0.05) is 30.3 Å². The van der Waals surface area contributed by atoms with Gasteiger partial charge in [-0.25, -0.2) is 0 Å². The summed E-state index contributed by atoms with van der Waals surface area (Å²) in [5, 5.41) is 0. The summed E-state index contributed by atoms with van der Waals surface area (Å²) in [6.07, 6.45) is 2.40. The van der Waals surface area contributed by atoms with Crippen molar-refractivity contribution < 1.29 is 0 Å². The first-order chi connectivity index (χ1) is 6.84. The summed E-state index contributed by atoms with van der Waals surface area (Å²) in [5.41, 5.74) is 1.94. The van der Waals surface area contributed by atoms with Gasteiger partial charge in [0, 0.05) is 6.20 Å². The van der Waals surface area contributed by atoms with Crippen molar-refractivity contribution in [3.05, 3.63) is 70.1 Å². The first-order valence-electron chi connectivity index (χ1n) is 4.48. The molecule has 1 heterocycles. The minimum absolute atomic E-state index is 0.168. The molecule has 2 rings (SSSR count). The molecule has 0 aliphatic carbocycles. The van der Waals surface area contributed by atoms with Gasteiger partial charge in [0.15, 0.2) is 0 Å². The zero-order chi connectivity index (χ0) is 9.80. The van der Waals surface area contributed by atoms with Crippen LogP contribution in [0.1, 0.15) is 11.1 Å². The van der Waals surface area contributed by atoms with Crippen LogP contribution in [0.15, 0.2) is 47.4 Å². The van der Waals surface area contributed by atoms with Crippen LogP contribution >= 0.6 is 0 Å². The molecule has 1 aromatic heterocycles. The van der Waals surface area contributed by atoms with E-state index in [-0.39, 0.29) is 5.56 Å². The van der Waals surface area contributed by atoms with Crippen molar-refractivity contribution in [1.29, 1.82) is 0 Å². The summed E-state index contributed by atoms with van der Waals surface area (Å²) in [5.74, 6) is 0. The van der Waals surface area contributed by atoms with Crippen LogP contribution in [0.25, 0.3) is 0 Å². The molecule has 1 radical (unpaired) electrons. The first-order valence-corrected chi connectivity index (χ1v) is 4.48. The van der Waals surface area contributed by atoms with Crippen LogP contribution in [-0.4, -0.2) is 4.98 Å². The quantitative estimate of drug-likeness (QED) is 0.758. The van der Waals surface area contributed by atoms with Crippen molar-refractivity contribution in [1.82, 2.24) is 4.98 Å². The monoisotopic (exact) mass is 184 g/mol. The van der Waals surface area contributed by atoms with Crippen LogP contribution in [-0.2, 0) is 6.42 Å². The Bertz CT molecular complexity index is 459. The summed E-state index contributed by atoms with van der Waals surface area (Å²) < 4.78 is 0. The number of aromatic nitrogens is 1. The van der Waals surface area contributed by atoms with Crippen molar-refractivity contribution in [3.8, 4) is 0 Å². The number of H-pyrrole nitrogens is 1. The number of benzene rings is 1. The molecule has 0 aliphatic heterocycles. The van der Waals surface area contributed by atoms with Gasteiger partial charge < -0.3 is 4.98 Å². The van der Waals surface area contributed by atoms with E-state index in [0.717, 1.165) is 12.0 Å². The van der Waals surface area contributed by atoms with Crippen LogP contribution < -0.4 is 5.56 Å². The highest BCUT2D eigenvalue weighted by Gasteiger charge is 1.95. The lowest BCUT2D eigenvalue weighted by Crippen LogP contribution is -2.05. The molecule has 2 heteroatoms. The Kier molecular flexibility index (Phi) is 2.45. The summed E-state index contributed by atoms with van der Waals surface area (Å²) in [6.45, 7) is 0. The Morgan fingerprint density at radius 2 is 1.93 bits per heavy atom. The van der Waals surface area contributed by atoms with Gasteiger partial charge in [-0.3, -0.25) is 4.79 Å². The fraction of sp³-hybridized carbons (Fsp3) is 0.0833. The number of hydrogen-bond acceptors (Lipinski definition) is 1. The van der Waals surface area contributed by atoms with Gasteiger partial charge in [0.1, 0.15) is 0 Å². The predicted octanol–water partition coefficient (Wildman–Crippen LogP) is 1.77. The highest BCUT2D eigenvalue weighted by atomic mass is 16.1. The highest BCUT2D eigenvalue weighted by Crippen LogP contribution is 2.05. The maximum Gasteiger partial charge on any atom is 0.256 e. The molecule has 2 nitrogen and oxygen atoms in total. The van der Waals surface area contributed by atoms with Crippen molar-refractivity contribution in [2.45, 2.75) is 6.42 Å². The normalized spacial score (nSPS) is 10.0. The Morgan fingerprint density at radius 3 is 2.64 bits per heavy atom. The third-order valence-corrected chi connectivity index (χ3v) is 2.01. The van der Waals surface area contributed by atoms with Crippen LogP contribution in [0.4, 0.5) is 0 Å². The Balaban J connectivity index is 2.24. The molecule has 1 N–H and O–H groups in total. The maximum absolute atomic E-state index is 11.0. The van der Waals surface area contributed by atoms with E-state index in [4.69, 9.17) is 0 Å². The zero-order valence-electron chi connectivity index (χ0n) is 7.66. The maximum atomic E-state index is 11.0. The number of pyridine rings is 1. The van der Waals surface area contributed by atoms with E-state index in [1.165, 1.54) is 5.56 Å². The van der Waals surface area contributed by atoms with E-state index in [2.05, 4.69) is 11.1 Å². The van der Waals surface area contributed by atoms with Crippen LogP contribution in [0.2, 0.25) is 0 Å². The van der Waals surface area contributed by atoms with Crippen LogP contribution in [0, 0.1) is 6.07 Å². The predicted molar refractivity (Wildman–Crippen MR) is 55.1 cm³/mol. The second-order valence-corrected chi connectivity index (χ2v) is 3.12. The van der Waals surface area contributed by atoms with Gasteiger partial charge in [-0.2, -0.15) is 0 Å². The molecule has 0 saturated carbocycles. The van der Waals surface area contributed by atoms with E-state index in [1.807, 2.05) is 36.4 Å². The van der Waals surface area contributed by atoms with Crippen molar-refractivity contribution in [2.24, 2.45) is 0 Å². The highest BCUT2D eigenvalue weighted by molar-refractivity contribution is 5.23. The zero-order valence-corrected chi connectivity index (χ0v) is 7.66. The van der Waals surface area contributed by atoms with Crippen LogP contribution in [0.5, 0.6) is 0 Å². The Hall–Kier alpha value is -1.83. The van der Waals surface area contributed by atoms with E-state index in [9.17, 15) is 4.79 Å². The number of rotatable bonds is 2. The summed E-state index contributed by atoms with van der Waals surface area (Å²) in [7, 11) is 0. The van der Waals surface area contributed by atoms with Crippen molar-refractivity contribution in [3.63, 3.8) is 0 Å². The smallest absolute Gasteiger partial charge is 0.256 e. The number of aromatic amines is 1. The molecule has 0 aliphatic rings. The summed E-state index contributed by atoms with van der Waals surface area (Å²) >= 11 is 0. The van der Waals surface area contributed by atoms with Crippen molar-refractivity contribution >= 4 is 0 Å². The largest absolute Gasteiger partial charge is 0.329 e. The molecule has 2 aromatic rings. The molecule has 0 amide bonds. The lowest BCUT2D eigenvalue weighted by molar-refractivity contribution is 1.12. The third-order valence-electron chi connectivity index (χ3n) is 2.01. The lowest BCUT2D eigenvalue weighted by atomic mass is 10.1. The minimum atomic E-state index is -0.168. The molecule has 0 unspecified atom stereocenters. The fourth-order valence-corrected chi connectivity index (χ4v) is 1.36. The molecular weight excluding hydrogens is 174 g/mol. The van der Waals surface area contributed by atoms with E-state index < -0.39 is 0 Å². The molecule has 0 bridgehead atoms. The Morgan fingerprint density at radius 1 is 1.14 bits per heavy atom. The van der Waals surface area contributed by atoms with Gasteiger partial charge in [0.05, 0.1) is 6.07 Å². The number of hydrogen-bond donors (Lipinski definition) is 1. The molecule has 69 valence electrons. The number of nitrogens with one attached hydrogen (secondary N) is 1. The third kappa shape index (κ3) is 2.10. The van der Waals surface area contributed by atoms with E-state index in [0.29, 0.717) is 0 Å². The molecule has 0 spiro atoms. The van der Waals surface area contributed by atoms with Crippen LogP contribution in [0.3, 0.4) is 0 Å². The van der Waals surface area contributed by atoms with Gasteiger partial charge >= 0.3 is 0 Å². The topological polar surface area (TPSA) is 32.9 Å². The van der Waals surface area contributed by atoms with Crippen molar-refractivity contribution in [2.75, 3.05) is 0 Å². The molecule has 14 heavy (non-hydrogen) atoms. The molecular formula is C12H10NO. The SMILES string of the molecule is O=c1[c]c(Cc2ccccc2)cc[nH]1. The average molecular weight is 184 g/mol. The lowest BCUT2D eigenvalue weighted by Gasteiger charge is -1.99. The van der Waals surface area contributed by atoms with Gasteiger partial charge in [0.2, 0.25) is 0 Å². The fourth-order valence-electron chi connectivity index (χ4n) is 1.36. The molecule has 0 atom stereocenters. The Labute approximate surface area is 82.2 Å². The summed E-state index contributed by atoms with van der Waals surface area (Å²) in [4.78, 5) is 13.5. The van der Waals surface area contributed by atoms with E-state index >= 15 is 0 Å². The summed E-state index contributed by atoms with van der Waals surface area (Å²) in [6, 6.07) is 14.6. The average Bonchev–Trinajstić information content (AvgIpc) is 2.19. The second kappa shape index (κ2) is 3.92. The molecule has 0 fully saturated rings. The van der Waals surface area contributed by atoms with Gasteiger partial charge in [0.25, 0.3) is 5.56 Å². The molecule has 1 aromatic carbocycles. The van der Waals surface area contributed by atoms with E-state index in [1.54, 1.807) is 6.20 Å². The first kappa shape index (κ1) is 8.75. The second-order valence-electron chi connectivity index (χ2n) is 3.12. The van der Waals surface area contributed by atoms with Gasteiger partial charge in [-0.15, -0.1) is 0 Å². The standard InChI is InChI=1S/C12H10NO/c14-12-9-11(6-7-13-12)8-10-4-2-1-3-5-10/h1-7H,8H2,(H,13,14).